The highest BCUT2D eigenvalue weighted by Gasteiger charge is 2.44. The molecule has 2 aromatic rings. The van der Waals surface area contributed by atoms with Gasteiger partial charge >= 0.3 is 5.97 Å². The zero-order chi connectivity index (χ0) is 15.7. The van der Waals surface area contributed by atoms with Gasteiger partial charge in [-0.25, -0.2) is 13.9 Å². The fourth-order valence-electron chi connectivity index (χ4n) is 2.04. The largest absolute Gasteiger partial charge is 0.461 e. The lowest BCUT2D eigenvalue weighted by molar-refractivity contribution is 0.0520. The number of esters is 1. The van der Waals surface area contributed by atoms with Crippen LogP contribution >= 0.6 is 15.9 Å². The Morgan fingerprint density at radius 1 is 1.55 bits per heavy atom. The summed E-state index contributed by atoms with van der Waals surface area (Å²) in [6, 6.07) is 7.45. The molecule has 0 bridgehead atoms. The van der Waals surface area contributed by atoms with Crippen LogP contribution in [0.4, 0.5) is 10.1 Å². The van der Waals surface area contributed by atoms with Crippen LogP contribution in [-0.2, 0) is 4.74 Å². The van der Waals surface area contributed by atoms with Crippen molar-refractivity contribution in [3.8, 4) is 5.69 Å². The lowest BCUT2D eigenvalue weighted by Gasteiger charge is -2.08. The van der Waals surface area contributed by atoms with E-state index >= 15 is 0 Å². The average Bonchev–Trinajstić information content (AvgIpc) is 3.05. The van der Waals surface area contributed by atoms with Gasteiger partial charge < -0.3 is 10.1 Å². The summed E-state index contributed by atoms with van der Waals surface area (Å²) in [4.78, 5) is 12.0. The highest BCUT2D eigenvalue weighted by molar-refractivity contribution is 9.10. The van der Waals surface area contributed by atoms with E-state index in [1.54, 1.807) is 13.1 Å². The summed E-state index contributed by atoms with van der Waals surface area (Å²) >= 11 is 3.39. The van der Waals surface area contributed by atoms with Crippen LogP contribution in [0.15, 0.2) is 34.9 Å². The average molecular weight is 368 g/mol. The number of alkyl halides is 1. The Hall–Kier alpha value is -1.89. The van der Waals surface area contributed by atoms with E-state index in [0.717, 1.165) is 10.2 Å². The van der Waals surface area contributed by atoms with Gasteiger partial charge in [-0.1, -0.05) is 22.0 Å². The number of aromatic nitrogens is 2. The number of rotatable bonds is 5. The Balaban J connectivity index is 1.98. The van der Waals surface area contributed by atoms with Crippen molar-refractivity contribution < 1.29 is 13.9 Å². The van der Waals surface area contributed by atoms with Gasteiger partial charge in [-0.15, -0.1) is 0 Å². The van der Waals surface area contributed by atoms with Crippen LogP contribution in [0.25, 0.3) is 5.69 Å². The number of nitrogens with one attached hydrogen (secondary N) is 1. The second-order valence-electron chi connectivity index (χ2n) is 5.13. The number of nitrogens with zero attached hydrogens (tertiary/aromatic N) is 2. The van der Waals surface area contributed by atoms with Crippen LogP contribution in [0.2, 0.25) is 0 Å². The minimum Gasteiger partial charge on any atom is -0.461 e. The Bertz CT molecular complexity index is 713. The van der Waals surface area contributed by atoms with Crippen molar-refractivity contribution in [2.24, 2.45) is 0 Å². The standard InChI is InChI=1S/C15H15BrFN3O2/c1-2-22-14(21)13-12(18-15(17)6-7-15)9-20(19-13)11-5-3-4-10(16)8-11/h3-5,8-9,18H,2,6-7H2,1H3. The van der Waals surface area contributed by atoms with E-state index in [9.17, 15) is 9.18 Å². The molecular weight excluding hydrogens is 353 g/mol. The topological polar surface area (TPSA) is 56.1 Å². The molecule has 0 unspecified atom stereocenters. The van der Waals surface area contributed by atoms with Gasteiger partial charge in [0.25, 0.3) is 0 Å². The molecule has 0 amide bonds. The maximum atomic E-state index is 14.0. The third kappa shape index (κ3) is 3.14. The first-order valence-electron chi connectivity index (χ1n) is 7.00. The minimum atomic E-state index is -1.44. The van der Waals surface area contributed by atoms with Crippen molar-refractivity contribution in [1.82, 2.24) is 9.78 Å². The van der Waals surface area contributed by atoms with Gasteiger partial charge in [0.1, 0.15) is 0 Å². The monoisotopic (exact) mass is 367 g/mol. The molecule has 0 aliphatic heterocycles. The predicted molar refractivity (Wildman–Crippen MR) is 83.9 cm³/mol. The Morgan fingerprint density at radius 2 is 2.32 bits per heavy atom. The number of hydrogen-bond donors (Lipinski definition) is 1. The fraction of sp³-hybridized carbons (Fsp3) is 0.333. The molecule has 1 aliphatic rings. The van der Waals surface area contributed by atoms with E-state index in [2.05, 4.69) is 26.3 Å². The SMILES string of the molecule is CCOC(=O)c1nn(-c2cccc(Br)c2)cc1NC1(F)CC1. The molecular formula is C15H15BrFN3O2. The molecule has 1 aromatic carbocycles. The van der Waals surface area contributed by atoms with Gasteiger partial charge in [-0.05, 0) is 25.1 Å². The van der Waals surface area contributed by atoms with Gasteiger partial charge in [0.05, 0.1) is 24.2 Å². The molecule has 0 saturated heterocycles. The summed E-state index contributed by atoms with van der Waals surface area (Å²) in [6.45, 7) is 1.95. The minimum absolute atomic E-state index is 0.0887. The normalized spacial score (nSPS) is 15.4. The van der Waals surface area contributed by atoms with Crippen LogP contribution < -0.4 is 5.32 Å². The molecule has 0 radical (unpaired) electrons. The number of carbonyl (C=O) groups is 1. The summed E-state index contributed by atoms with van der Waals surface area (Å²) < 4.78 is 21.4. The molecule has 5 nitrogen and oxygen atoms in total. The fourth-order valence-corrected chi connectivity index (χ4v) is 2.43. The molecule has 7 heteroatoms. The van der Waals surface area contributed by atoms with E-state index in [1.807, 2.05) is 24.3 Å². The summed E-state index contributed by atoms with van der Waals surface area (Å²) in [5, 5.41) is 6.99. The maximum Gasteiger partial charge on any atom is 0.361 e. The number of anilines is 1. The molecule has 22 heavy (non-hydrogen) atoms. The third-order valence-electron chi connectivity index (χ3n) is 3.30. The molecule has 1 heterocycles. The molecule has 1 fully saturated rings. The number of carbonyl (C=O) groups excluding carboxylic acids is 1. The molecule has 1 saturated carbocycles. The predicted octanol–water partition coefficient (Wildman–Crippen LogP) is 3.68. The van der Waals surface area contributed by atoms with Crippen LogP contribution in [0.1, 0.15) is 30.3 Å². The summed E-state index contributed by atoms with van der Waals surface area (Å²) in [6.07, 6.45) is 2.46. The van der Waals surface area contributed by atoms with E-state index < -0.39 is 11.8 Å². The first kappa shape index (κ1) is 15.0. The summed E-state index contributed by atoms with van der Waals surface area (Å²) in [5.41, 5.74) is 1.20. The third-order valence-corrected chi connectivity index (χ3v) is 3.80. The highest BCUT2D eigenvalue weighted by Crippen LogP contribution is 2.41. The lowest BCUT2D eigenvalue weighted by atomic mass is 10.3. The van der Waals surface area contributed by atoms with Crippen LogP contribution in [0.3, 0.4) is 0 Å². The van der Waals surface area contributed by atoms with Gasteiger partial charge in [-0.3, -0.25) is 0 Å². The van der Waals surface area contributed by atoms with Crippen molar-refractivity contribution in [2.45, 2.75) is 25.6 Å². The number of hydrogen-bond acceptors (Lipinski definition) is 4. The highest BCUT2D eigenvalue weighted by atomic mass is 79.9. The molecule has 3 rings (SSSR count). The molecule has 1 N–H and O–H groups in total. The lowest BCUT2D eigenvalue weighted by Crippen LogP contribution is -2.17. The van der Waals surface area contributed by atoms with Crippen molar-refractivity contribution in [2.75, 3.05) is 11.9 Å². The van der Waals surface area contributed by atoms with Crippen molar-refractivity contribution in [1.29, 1.82) is 0 Å². The molecule has 1 aromatic heterocycles. The molecule has 116 valence electrons. The van der Waals surface area contributed by atoms with Crippen molar-refractivity contribution in [3.63, 3.8) is 0 Å². The van der Waals surface area contributed by atoms with E-state index in [0.29, 0.717) is 18.5 Å². The zero-order valence-corrected chi connectivity index (χ0v) is 13.6. The first-order valence-corrected chi connectivity index (χ1v) is 7.80. The molecule has 0 atom stereocenters. The smallest absolute Gasteiger partial charge is 0.361 e. The van der Waals surface area contributed by atoms with Crippen LogP contribution in [0.5, 0.6) is 0 Å². The Kier molecular flexibility index (Phi) is 3.90. The van der Waals surface area contributed by atoms with E-state index in [-0.39, 0.29) is 12.3 Å². The number of ether oxygens (including phenoxy) is 1. The Morgan fingerprint density at radius 3 is 2.95 bits per heavy atom. The van der Waals surface area contributed by atoms with Gasteiger partial charge in [0.15, 0.2) is 11.5 Å². The van der Waals surface area contributed by atoms with Crippen LogP contribution in [-0.4, -0.2) is 28.1 Å². The summed E-state index contributed by atoms with van der Waals surface area (Å²) in [5.74, 6) is -2.00. The van der Waals surface area contributed by atoms with Gasteiger partial charge in [-0.2, -0.15) is 5.10 Å². The molecule has 1 aliphatic carbocycles. The second-order valence-corrected chi connectivity index (χ2v) is 6.04. The quantitative estimate of drug-likeness (QED) is 0.646. The van der Waals surface area contributed by atoms with Crippen molar-refractivity contribution in [3.05, 3.63) is 40.6 Å². The molecule has 0 spiro atoms. The number of benzene rings is 1. The zero-order valence-electron chi connectivity index (χ0n) is 12.0. The van der Waals surface area contributed by atoms with Crippen molar-refractivity contribution >= 4 is 27.6 Å². The Labute approximate surface area is 135 Å². The van der Waals surface area contributed by atoms with E-state index in [1.165, 1.54) is 4.68 Å². The summed E-state index contributed by atoms with van der Waals surface area (Å²) in [7, 11) is 0. The van der Waals surface area contributed by atoms with Gasteiger partial charge in [0, 0.05) is 17.3 Å². The number of halogens is 2. The maximum absolute atomic E-state index is 14.0. The first-order chi connectivity index (χ1) is 10.5. The van der Waals surface area contributed by atoms with E-state index in [4.69, 9.17) is 4.74 Å². The second kappa shape index (κ2) is 5.72. The van der Waals surface area contributed by atoms with Crippen LogP contribution in [0, 0.1) is 0 Å². The van der Waals surface area contributed by atoms with Gasteiger partial charge in [0.2, 0.25) is 0 Å².